The Bertz CT molecular complexity index is 875. The molecule has 0 aromatic heterocycles. The molecule has 1 aromatic carbocycles. The number of rotatable bonds is 9. The van der Waals surface area contributed by atoms with Crippen molar-refractivity contribution in [3.8, 4) is 0 Å². The summed E-state index contributed by atoms with van der Waals surface area (Å²) in [7, 11) is 1.99. The van der Waals surface area contributed by atoms with Gasteiger partial charge in [0.05, 0.1) is 16.8 Å². The Kier molecular flexibility index (Phi) is 6.78. The predicted octanol–water partition coefficient (Wildman–Crippen LogP) is 0.310. The van der Waals surface area contributed by atoms with Crippen molar-refractivity contribution in [1.29, 1.82) is 0 Å². The Morgan fingerprint density at radius 3 is 2.50 bits per heavy atom. The monoisotopic (exact) mass is 419 g/mol. The first-order valence-corrected chi connectivity index (χ1v) is 10.0. The fraction of sp³-hybridized carbons (Fsp3) is 0.500. The summed E-state index contributed by atoms with van der Waals surface area (Å²) >= 11 is 0. The van der Waals surface area contributed by atoms with E-state index in [1.807, 2.05) is 7.05 Å². The molecule has 0 aliphatic carbocycles. The van der Waals surface area contributed by atoms with Crippen LogP contribution in [-0.4, -0.2) is 72.7 Å². The highest BCUT2D eigenvalue weighted by Crippen LogP contribution is 2.31. The number of imide groups is 2. The summed E-state index contributed by atoms with van der Waals surface area (Å²) < 4.78 is 14.5. The lowest BCUT2D eigenvalue weighted by Crippen LogP contribution is -2.54. The van der Waals surface area contributed by atoms with Crippen LogP contribution in [-0.2, 0) is 9.59 Å². The van der Waals surface area contributed by atoms with Crippen molar-refractivity contribution >= 4 is 29.3 Å². The molecule has 0 bridgehead atoms. The molecule has 2 heterocycles. The van der Waals surface area contributed by atoms with Crippen molar-refractivity contribution in [2.24, 2.45) is 5.73 Å². The third-order valence-electron chi connectivity index (χ3n) is 5.30. The van der Waals surface area contributed by atoms with Crippen LogP contribution in [0.1, 0.15) is 46.4 Å². The maximum absolute atomic E-state index is 14.5. The number of nitrogens with one attached hydrogen (secondary N) is 2. The van der Waals surface area contributed by atoms with Crippen LogP contribution in [0.25, 0.3) is 0 Å². The number of benzene rings is 1. The number of carbonyl (C=O) groups is 4. The summed E-state index contributed by atoms with van der Waals surface area (Å²) in [5.41, 5.74) is 5.59. The number of nitrogens with two attached hydrogens (primary N) is 1. The highest BCUT2D eigenvalue weighted by atomic mass is 19.1. The Labute approximate surface area is 173 Å². The zero-order valence-corrected chi connectivity index (χ0v) is 16.9. The minimum Gasteiger partial charge on any atom is -0.383 e. The molecular weight excluding hydrogens is 393 g/mol. The van der Waals surface area contributed by atoms with Crippen LogP contribution >= 0.6 is 0 Å². The fourth-order valence-corrected chi connectivity index (χ4v) is 3.67. The number of amides is 4. The molecule has 0 saturated carbocycles. The van der Waals surface area contributed by atoms with E-state index in [0.717, 1.165) is 36.9 Å². The number of fused-ring (bicyclic) bond motifs is 1. The van der Waals surface area contributed by atoms with Crippen LogP contribution in [0.5, 0.6) is 0 Å². The average molecular weight is 419 g/mol. The van der Waals surface area contributed by atoms with Crippen LogP contribution in [0.2, 0.25) is 0 Å². The van der Waals surface area contributed by atoms with Crippen molar-refractivity contribution in [2.75, 3.05) is 38.5 Å². The molecule has 1 atom stereocenters. The van der Waals surface area contributed by atoms with E-state index < -0.39 is 35.5 Å². The normalized spacial score (nSPS) is 18.8. The summed E-state index contributed by atoms with van der Waals surface area (Å²) in [4.78, 5) is 51.8. The van der Waals surface area contributed by atoms with Gasteiger partial charge in [-0.2, -0.15) is 0 Å². The lowest BCUT2D eigenvalue weighted by atomic mass is 10.0. The Hall–Kier alpha value is -2.85. The summed E-state index contributed by atoms with van der Waals surface area (Å²) in [6, 6.07) is 1.27. The maximum atomic E-state index is 14.5. The number of carbonyl (C=O) groups excluding carboxylic acids is 4. The minimum atomic E-state index is -1.07. The first kappa shape index (κ1) is 21.8. The number of anilines is 1. The van der Waals surface area contributed by atoms with Crippen molar-refractivity contribution in [2.45, 2.75) is 31.7 Å². The predicted molar refractivity (Wildman–Crippen MR) is 107 cm³/mol. The summed E-state index contributed by atoms with van der Waals surface area (Å²) in [5.74, 6) is -3.17. The topological polar surface area (TPSA) is 125 Å². The van der Waals surface area contributed by atoms with Crippen molar-refractivity contribution < 1.29 is 23.6 Å². The molecule has 0 spiro atoms. The van der Waals surface area contributed by atoms with Crippen LogP contribution in [0.3, 0.4) is 0 Å². The van der Waals surface area contributed by atoms with Crippen LogP contribution < -0.4 is 16.4 Å². The van der Waals surface area contributed by atoms with Crippen molar-refractivity contribution in [3.05, 3.63) is 29.1 Å². The number of halogens is 1. The Balaban J connectivity index is 1.67. The summed E-state index contributed by atoms with van der Waals surface area (Å²) in [6.45, 7) is 2.81. The molecule has 1 fully saturated rings. The molecule has 0 radical (unpaired) electrons. The van der Waals surface area contributed by atoms with E-state index in [0.29, 0.717) is 13.1 Å². The third-order valence-corrected chi connectivity index (χ3v) is 5.30. The van der Waals surface area contributed by atoms with E-state index in [-0.39, 0.29) is 29.7 Å². The molecule has 162 valence electrons. The quantitative estimate of drug-likeness (QED) is 0.389. The van der Waals surface area contributed by atoms with Gasteiger partial charge in [0.1, 0.15) is 11.9 Å². The molecule has 2 aliphatic rings. The molecule has 9 nitrogen and oxygen atoms in total. The second-order valence-electron chi connectivity index (χ2n) is 7.55. The third kappa shape index (κ3) is 4.49. The van der Waals surface area contributed by atoms with Gasteiger partial charge in [0.2, 0.25) is 11.8 Å². The lowest BCUT2D eigenvalue weighted by Gasteiger charge is -2.27. The second-order valence-corrected chi connectivity index (χ2v) is 7.55. The molecule has 1 aromatic rings. The largest absolute Gasteiger partial charge is 0.383 e. The first-order chi connectivity index (χ1) is 14.3. The molecule has 10 heteroatoms. The van der Waals surface area contributed by atoms with Crippen molar-refractivity contribution in [1.82, 2.24) is 15.1 Å². The van der Waals surface area contributed by atoms with E-state index in [1.54, 1.807) is 0 Å². The highest BCUT2D eigenvalue weighted by molar-refractivity contribution is 6.23. The van der Waals surface area contributed by atoms with Gasteiger partial charge >= 0.3 is 0 Å². The molecule has 2 aliphatic heterocycles. The van der Waals surface area contributed by atoms with E-state index in [2.05, 4.69) is 15.5 Å². The molecule has 30 heavy (non-hydrogen) atoms. The molecule has 3 rings (SSSR count). The van der Waals surface area contributed by atoms with Crippen LogP contribution in [0, 0.1) is 5.82 Å². The first-order valence-electron chi connectivity index (χ1n) is 10.0. The van der Waals surface area contributed by atoms with Gasteiger partial charge in [0.25, 0.3) is 11.8 Å². The molecule has 4 N–H and O–H groups in total. The van der Waals surface area contributed by atoms with Gasteiger partial charge in [-0.25, -0.2) is 4.39 Å². The van der Waals surface area contributed by atoms with Gasteiger partial charge < -0.3 is 16.0 Å². The summed E-state index contributed by atoms with van der Waals surface area (Å²) in [6.07, 6.45) is 1.75. The number of hydrogen-bond donors (Lipinski definition) is 3. The van der Waals surface area contributed by atoms with Crippen LogP contribution in [0.4, 0.5) is 10.1 Å². The zero-order chi connectivity index (χ0) is 21.8. The number of hydrogen-bond acceptors (Lipinski definition) is 7. The van der Waals surface area contributed by atoms with E-state index in [1.165, 1.54) is 6.07 Å². The number of nitrogens with zero attached hydrogens (tertiary/aromatic N) is 2. The van der Waals surface area contributed by atoms with Crippen molar-refractivity contribution in [3.63, 3.8) is 0 Å². The van der Waals surface area contributed by atoms with Crippen LogP contribution in [0.15, 0.2) is 12.1 Å². The molecule has 1 unspecified atom stereocenters. The lowest BCUT2D eigenvalue weighted by molar-refractivity contribution is -0.136. The van der Waals surface area contributed by atoms with E-state index >= 15 is 0 Å². The molecular formula is C20H26FN5O4. The standard InChI is InChI=1S/C20H26FN5O4/c1-25(8-2-6-22)9-3-7-23-15-11-13-12(10-14(15)21)19(29)26(20(13)30)16-4-5-17(27)24-18(16)28/h10-11,16,23H,2-9,22H2,1H3,(H,24,27,28). The van der Waals surface area contributed by atoms with E-state index in [9.17, 15) is 23.6 Å². The maximum Gasteiger partial charge on any atom is 0.262 e. The van der Waals surface area contributed by atoms with E-state index in [4.69, 9.17) is 5.73 Å². The fourth-order valence-electron chi connectivity index (χ4n) is 3.67. The highest BCUT2D eigenvalue weighted by Gasteiger charge is 2.45. The molecule has 4 amide bonds. The van der Waals surface area contributed by atoms with Gasteiger partial charge in [-0.05, 0) is 58.1 Å². The van der Waals surface area contributed by atoms with Gasteiger partial charge in [-0.1, -0.05) is 0 Å². The second kappa shape index (κ2) is 9.31. The van der Waals surface area contributed by atoms with Gasteiger partial charge in [0, 0.05) is 13.0 Å². The SMILES string of the molecule is CN(CCCN)CCCNc1cc2c(cc1F)C(=O)N(C1CCC(=O)NC1=O)C2=O. The Morgan fingerprint density at radius 2 is 1.83 bits per heavy atom. The van der Waals surface area contributed by atoms with Gasteiger partial charge in [-0.15, -0.1) is 0 Å². The van der Waals surface area contributed by atoms with Gasteiger partial charge in [0.15, 0.2) is 0 Å². The van der Waals surface area contributed by atoms with Gasteiger partial charge in [-0.3, -0.25) is 29.4 Å². The Morgan fingerprint density at radius 1 is 1.17 bits per heavy atom. The summed E-state index contributed by atoms with van der Waals surface area (Å²) in [5, 5.41) is 5.10. The average Bonchev–Trinajstić information content (AvgIpc) is 2.93. The smallest absolute Gasteiger partial charge is 0.262 e. The number of piperidine rings is 1. The zero-order valence-electron chi connectivity index (χ0n) is 16.9. The minimum absolute atomic E-state index is 0.0324. The molecule has 1 saturated heterocycles.